The average Bonchev–Trinajstić information content (AvgIpc) is 3.58. The summed E-state index contributed by atoms with van der Waals surface area (Å²) in [4.78, 5) is 0. The van der Waals surface area contributed by atoms with Gasteiger partial charge in [-0.25, -0.2) is 0 Å². The van der Waals surface area contributed by atoms with Gasteiger partial charge in [-0.2, -0.15) is 12.1 Å². The van der Waals surface area contributed by atoms with Gasteiger partial charge in [0.25, 0.3) is 0 Å². The summed E-state index contributed by atoms with van der Waals surface area (Å²) in [5, 5.41) is 5.49. The molecule has 0 spiro atoms. The summed E-state index contributed by atoms with van der Waals surface area (Å²) in [5.74, 6) is 0. The second-order valence-corrected chi connectivity index (χ2v) is 10.9. The zero-order valence-electron chi connectivity index (χ0n) is 26.6. The van der Waals surface area contributed by atoms with E-state index in [1.54, 1.807) is 0 Å². The molecule has 44 heavy (non-hydrogen) atoms. The van der Waals surface area contributed by atoms with Gasteiger partial charge in [-0.15, -0.1) is 69.1 Å². The van der Waals surface area contributed by atoms with Crippen molar-refractivity contribution in [3.05, 3.63) is 145 Å². The molecule has 0 bridgehead atoms. The Bertz CT molecular complexity index is 1530. The van der Waals surface area contributed by atoms with E-state index in [9.17, 15) is 0 Å². The molecular weight excluding hydrogens is 611 g/mol. The first kappa shape index (κ1) is 39.4. The number of rotatable bonds is 6. The third kappa shape index (κ3) is 10.2. The van der Waals surface area contributed by atoms with Gasteiger partial charge < -0.3 is 45.1 Å². The van der Waals surface area contributed by atoms with Crippen molar-refractivity contribution in [2.75, 3.05) is 0 Å². The van der Waals surface area contributed by atoms with E-state index in [1.807, 2.05) is 0 Å². The zero-order chi connectivity index (χ0) is 29.2. The van der Waals surface area contributed by atoms with Crippen LogP contribution in [0, 0.1) is 27.7 Å². The first-order valence-electron chi connectivity index (χ1n) is 15.1. The number of hydrogen-bond donors (Lipinski definition) is 0. The molecule has 0 saturated carbocycles. The third-order valence-corrected chi connectivity index (χ3v) is 7.42. The Morgan fingerprint density at radius 3 is 1.20 bits per heavy atom. The van der Waals surface area contributed by atoms with Crippen LogP contribution in [0.5, 0.6) is 0 Å². The van der Waals surface area contributed by atoms with Crippen LogP contribution in [-0.4, -0.2) is 0 Å². The van der Waals surface area contributed by atoms with Crippen molar-refractivity contribution in [3.63, 3.8) is 0 Å². The maximum Gasteiger partial charge on any atom is 2.00 e. The van der Waals surface area contributed by atoms with Gasteiger partial charge in [-0.3, -0.25) is 0 Å². The minimum absolute atomic E-state index is 0. The van der Waals surface area contributed by atoms with Crippen LogP contribution in [0.3, 0.4) is 0 Å². The summed E-state index contributed by atoms with van der Waals surface area (Å²) < 4.78 is 0. The first-order valence-corrected chi connectivity index (χ1v) is 15.1. The quantitative estimate of drug-likeness (QED) is 0.152. The third-order valence-electron chi connectivity index (χ3n) is 7.42. The fourth-order valence-corrected chi connectivity index (χ4v) is 5.43. The van der Waals surface area contributed by atoms with Gasteiger partial charge in [0, 0.05) is 0 Å². The second kappa shape index (κ2) is 19.7. The van der Waals surface area contributed by atoms with Gasteiger partial charge in [0.15, 0.2) is 0 Å². The number of aryl methyl sites for hydroxylation is 4. The second-order valence-electron chi connectivity index (χ2n) is 10.9. The summed E-state index contributed by atoms with van der Waals surface area (Å²) in [6.45, 7) is 15.5. The van der Waals surface area contributed by atoms with Gasteiger partial charge >= 0.3 is 21.7 Å². The molecule has 0 aliphatic rings. The van der Waals surface area contributed by atoms with Gasteiger partial charge in [-0.05, 0) is 37.8 Å². The minimum Gasteiger partial charge on any atom is -1.00 e. The Morgan fingerprint density at radius 2 is 0.886 bits per heavy atom. The molecule has 230 valence electrons. The molecule has 0 unspecified atom stereocenters. The SMILES string of the molecule is CCCc1cc2c(-c3ccc(C)cc3)cccc2[cH-]1.CCCc1cc2c(-c3ccc(C)cc3)cccc2[cH-]1.[CH2-]C[CH2-].[Cl-].[Cl-].[Ti+2]. The summed E-state index contributed by atoms with van der Waals surface area (Å²) in [6.07, 6.45) is 5.50. The standard InChI is InChI=1S/2C19H19.C3H6.2ClH.Ti/c2*1-3-5-15-12-17-6-4-7-18(19(17)13-15)16-10-8-14(2)9-11-16;1-3-2;;;/h2*4,6-13H,3,5H2,1-2H3;1-3H2;2*1H;/q2*-1;-2;;;+2/p-2. The van der Waals surface area contributed by atoms with Crippen LogP contribution in [-0.2, 0) is 34.6 Å². The van der Waals surface area contributed by atoms with Crippen LogP contribution in [0.4, 0.5) is 0 Å². The number of benzene rings is 4. The molecule has 6 aromatic rings. The monoisotopic (exact) mass is 654 g/mol. The Hall–Kier alpha value is -2.61. The van der Waals surface area contributed by atoms with Crippen LogP contribution < -0.4 is 24.8 Å². The molecule has 0 amide bonds. The molecule has 0 aliphatic heterocycles. The Labute approximate surface area is 293 Å². The Kier molecular flexibility index (Phi) is 17.7. The molecular formula is C41H44Cl2Ti-4. The van der Waals surface area contributed by atoms with Crippen molar-refractivity contribution in [1.29, 1.82) is 0 Å². The van der Waals surface area contributed by atoms with E-state index in [1.165, 1.54) is 91.7 Å². The number of halogens is 2. The van der Waals surface area contributed by atoms with Crippen molar-refractivity contribution in [2.24, 2.45) is 0 Å². The predicted octanol–water partition coefficient (Wildman–Crippen LogP) is 6.02. The van der Waals surface area contributed by atoms with Crippen molar-refractivity contribution >= 4 is 21.5 Å². The van der Waals surface area contributed by atoms with Crippen molar-refractivity contribution < 1.29 is 46.5 Å². The van der Waals surface area contributed by atoms with Crippen molar-refractivity contribution in [3.8, 4) is 22.3 Å². The largest absolute Gasteiger partial charge is 2.00 e. The van der Waals surface area contributed by atoms with E-state index in [2.05, 4.69) is 151 Å². The van der Waals surface area contributed by atoms with E-state index in [4.69, 9.17) is 0 Å². The summed E-state index contributed by atoms with van der Waals surface area (Å²) in [5.41, 5.74) is 10.8. The smallest absolute Gasteiger partial charge is 1.00 e. The summed E-state index contributed by atoms with van der Waals surface area (Å²) in [7, 11) is 0. The van der Waals surface area contributed by atoms with Crippen LogP contribution >= 0.6 is 0 Å². The van der Waals surface area contributed by atoms with E-state index in [0.717, 1.165) is 6.42 Å². The topological polar surface area (TPSA) is 0 Å². The maximum atomic E-state index is 3.38. The number of fused-ring (bicyclic) bond motifs is 2. The van der Waals surface area contributed by atoms with E-state index in [0.29, 0.717) is 0 Å². The number of hydrogen-bond acceptors (Lipinski definition) is 0. The predicted molar refractivity (Wildman–Crippen MR) is 183 cm³/mol. The molecule has 6 rings (SSSR count). The molecule has 6 aromatic carbocycles. The Balaban J connectivity index is 0.000000380. The van der Waals surface area contributed by atoms with Gasteiger partial charge in [0.2, 0.25) is 0 Å². The maximum absolute atomic E-state index is 3.38. The van der Waals surface area contributed by atoms with Gasteiger partial charge in [-0.1, -0.05) is 110 Å². The van der Waals surface area contributed by atoms with Crippen molar-refractivity contribution in [1.82, 2.24) is 0 Å². The molecule has 0 N–H and O–H groups in total. The van der Waals surface area contributed by atoms with Crippen molar-refractivity contribution in [2.45, 2.75) is 59.8 Å². The molecule has 0 radical (unpaired) electrons. The molecule has 0 heterocycles. The molecule has 0 nitrogen and oxygen atoms in total. The summed E-state index contributed by atoms with van der Waals surface area (Å²) >= 11 is 0. The van der Waals surface area contributed by atoms with E-state index in [-0.39, 0.29) is 46.5 Å². The summed E-state index contributed by atoms with van der Waals surface area (Å²) in [6, 6.07) is 40.2. The molecule has 0 saturated heterocycles. The van der Waals surface area contributed by atoms with Crippen LogP contribution in [0.1, 0.15) is 55.4 Å². The molecule has 0 atom stereocenters. The fraction of sp³-hybridized carbons (Fsp3) is 0.220. The average molecular weight is 656 g/mol. The van der Waals surface area contributed by atoms with Crippen LogP contribution in [0.2, 0.25) is 0 Å². The van der Waals surface area contributed by atoms with E-state index < -0.39 is 0 Å². The van der Waals surface area contributed by atoms with E-state index >= 15 is 0 Å². The van der Waals surface area contributed by atoms with Crippen LogP contribution in [0.25, 0.3) is 43.8 Å². The van der Waals surface area contributed by atoms with Crippen LogP contribution in [0.15, 0.2) is 109 Å². The first-order chi connectivity index (χ1) is 20.0. The molecule has 0 aromatic heterocycles. The van der Waals surface area contributed by atoms with Gasteiger partial charge in [0.05, 0.1) is 0 Å². The van der Waals surface area contributed by atoms with Gasteiger partial charge in [0.1, 0.15) is 0 Å². The zero-order valence-corrected chi connectivity index (χ0v) is 29.7. The molecule has 0 aliphatic carbocycles. The Morgan fingerprint density at radius 1 is 0.545 bits per heavy atom. The minimum atomic E-state index is 0. The molecule has 0 fully saturated rings. The molecule has 3 heteroatoms. The normalized spacial score (nSPS) is 9.95. The fourth-order valence-electron chi connectivity index (χ4n) is 5.43.